The van der Waals surface area contributed by atoms with E-state index in [1.165, 1.54) is 18.2 Å². The van der Waals surface area contributed by atoms with E-state index in [2.05, 4.69) is 15.3 Å². The number of aromatic nitrogens is 2. The van der Waals surface area contributed by atoms with Crippen molar-refractivity contribution in [3.63, 3.8) is 0 Å². The van der Waals surface area contributed by atoms with Crippen LogP contribution in [0.4, 0.5) is 5.69 Å². The number of nitrogens with one attached hydrogen (secondary N) is 2. The molecule has 4 N–H and O–H groups in total. The molecule has 7 nitrogen and oxygen atoms in total. The number of benzene rings is 1. The molecule has 0 aliphatic rings. The largest absolute Gasteiger partial charge is 0.399 e. The number of hydrogen-bond acceptors (Lipinski definition) is 5. The van der Waals surface area contributed by atoms with E-state index in [1.807, 2.05) is 0 Å². The van der Waals surface area contributed by atoms with Gasteiger partial charge in [-0.3, -0.25) is 4.79 Å². The van der Waals surface area contributed by atoms with Crippen LogP contribution in [0.5, 0.6) is 0 Å². The van der Waals surface area contributed by atoms with Gasteiger partial charge in [0, 0.05) is 29.9 Å². The zero-order valence-electron chi connectivity index (χ0n) is 11.6. The Morgan fingerprint density at radius 2 is 2.10 bits per heavy atom. The molecule has 8 heteroatoms. The lowest BCUT2D eigenvalue weighted by Gasteiger charge is -2.12. The summed E-state index contributed by atoms with van der Waals surface area (Å²) in [5, 5.41) is 2.72. The summed E-state index contributed by atoms with van der Waals surface area (Å²) >= 11 is 0. The van der Waals surface area contributed by atoms with E-state index in [4.69, 9.17) is 5.73 Å². The number of aromatic amines is 1. The van der Waals surface area contributed by atoms with Gasteiger partial charge in [-0.15, -0.1) is 0 Å². The molecule has 0 bridgehead atoms. The summed E-state index contributed by atoms with van der Waals surface area (Å²) < 4.78 is 23.1. The Balaban J connectivity index is 2.25. The normalized spacial score (nSPS) is 12.9. The second kappa shape index (κ2) is 5.57. The van der Waals surface area contributed by atoms with Gasteiger partial charge in [-0.2, -0.15) is 0 Å². The highest BCUT2D eigenvalue weighted by Crippen LogP contribution is 2.17. The highest BCUT2D eigenvalue weighted by Gasteiger charge is 2.16. The van der Waals surface area contributed by atoms with Crippen molar-refractivity contribution in [3.05, 3.63) is 42.0 Å². The maximum absolute atomic E-state index is 12.2. The number of carbonyl (C=O) groups is 1. The maximum Gasteiger partial charge on any atom is 0.251 e. The van der Waals surface area contributed by atoms with Crippen molar-refractivity contribution in [1.29, 1.82) is 0 Å². The number of nitrogen functional groups attached to an aromatic ring is 1. The molecule has 0 radical (unpaired) electrons. The highest BCUT2D eigenvalue weighted by atomic mass is 32.2. The Labute approximate surface area is 122 Å². The van der Waals surface area contributed by atoms with Crippen LogP contribution in [0.25, 0.3) is 0 Å². The van der Waals surface area contributed by atoms with Crippen LogP contribution in [0.1, 0.15) is 29.1 Å². The van der Waals surface area contributed by atoms with Gasteiger partial charge < -0.3 is 16.0 Å². The van der Waals surface area contributed by atoms with Gasteiger partial charge in [0.1, 0.15) is 5.82 Å². The molecule has 1 amide bonds. The standard InChI is InChI=1S/C13H16N4O3S/c1-8(12-15-3-4-16-12)17-13(18)9-5-10(14)7-11(6-9)21(2,19)20/h3-8H,14H2,1-2H3,(H,15,16)(H,17,18). The van der Waals surface area contributed by atoms with E-state index in [0.29, 0.717) is 5.82 Å². The van der Waals surface area contributed by atoms with Crippen LogP contribution in [0.3, 0.4) is 0 Å². The fraction of sp³-hybridized carbons (Fsp3) is 0.231. The molecule has 21 heavy (non-hydrogen) atoms. The monoisotopic (exact) mass is 308 g/mol. The summed E-state index contributed by atoms with van der Waals surface area (Å²) in [5.41, 5.74) is 6.06. The first-order valence-electron chi connectivity index (χ1n) is 6.18. The van der Waals surface area contributed by atoms with Crippen LogP contribution in [-0.4, -0.2) is 30.5 Å². The lowest BCUT2D eigenvalue weighted by atomic mass is 10.1. The van der Waals surface area contributed by atoms with Gasteiger partial charge in [0.25, 0.3) is 5.91 Å². The fourth-order valence-electron chi connectivity index (χ4n) is 1.83. The van der Waals surface area contributed by atoms with Crippen LogP contribution in [-0.2, 0) is 9.84 Å². The molecule has 2 aromatic rings. The molecule has 0 aliphatic heterocycles. The van der Waals surface area contributed by atoms with Crippen LogP contribution in [0.15, 0.2) is 35.5 Å². The minimum Gasteiger partial charge on any atom is -0.399 e. The van der Waals surface area contributed by atoms with E-state index in [1.54, 1.807) is 19.3 Å². The molecular formula is C13H16N4O3S. The predicted octanol–water partition coefficient (Wildman–Crippen LogP) is 0.886. The van der Waals surface area contributed by atoms with Gasteiger partial charge in [-0.25, -0.2) is 13.4 Å². The van der Waals surface area contributed by atoms with E-state index in [0.717, 1.165) is 6.26 Å². The van der Waals surface area contributed by atoms with E-state index >= 15 is 0 Å². The second-order valence-corrected chi connectivity index (χ2v) is 6.75. The zero-order valence-corrected chi connectivity index (χ0v) is 12.4. The average molecular weight is 308 g/mol. The van der Waals surface area contributed by atoms with Crippen LogP contribution in [0, 0.1) is 0 Å². The first-order valence-corrected chi connectivity index (χ1v) is 8.07. The summed E-state index contributed by atoms with van der Waals surface area (Å²) in [4.78, 5) is 19.1. The molecule has 0 saturated heterocycles. The van der Waals surface area contributed by atoms with Crippen molar-refractivity contribution in [1.82, 2.24) is 15.3 Å². The molecule has 1 unspecified atom stereocenters. The number of anilines is 1. The molecule has 0 spiro atoms. The maximum atomic E-state index is 12.2. The summed E-state index contributed by atoms with van der Waals surface area (Å²) in [6.07, 6.45) is 4.30. The van der Waals surface area contributed by atoms with Crippen molar-refractivity contribution in [2.24, 2.45) is 0 Å². The molecule has 1 atom stereocenters. The SMILES string of the molecule is CC(NC(=O)c1cc(N)cc(S(C)(=O)=O)c1)c1ncc[nH]1. The summed E-state index contributed by atoms with van der Waals surface area (Å²) in [6.45, 7) is 1.76. The molecule has 1 aromatic heterocycles. The van der Waals surface area contributed by atoms with Gasteiger partial charge in [0.05, 0.1) is 10.9 Å². The first kappa shape index (κ1) is 15.0. The third kappa shape index (κ3) is 3.60. The fourth-order valence-corrected chi connectivity index (χ4v) is 2.52. The van der Waals surface area contributed by atoms with Crippen molar-refractivity contribution in [2.75, 3.05) is 12.0 Å². The number of carbonyl (C=O) groups excluding carboxylic acids is 1. The van der Waals surface area contributed by atoms with Gasteiger partial charge in [-0.05, 0) is 25.1 Å². The Morgan fingerprint density at radius 3 is 2.67 bits per heavy atom. The van der Waals surface area contributed by atoms with E-state index in [-0.39, 0.29) is 22.2 Å². The number of amides is 1. The third-order valence-corrected chi connectivity index (χ3v) is 3.99. The molecule has 1 heterocycles. The second-order valence-electron chi connectivity index (χ2n) is 4.73. The Bertz CT molecular complexity index is 754. The smallest absolute Gasteiger partial charge is 0.251 e. The lowest BCUT2D eigenvalue weighted by Crippen LogP contribution is -2.27. The number of nitrogens with zero attached hydrogens (tertiary/aromatic N) is 1. The third-order valence-electron chi connectivity index (χ3n) is 2.90. The van der Waals surface area contributed by atoms with Gasteiger partial charge in [0.2, 0.25) is 0 Å². The van der Waals surface area contributed by atoms with Crippen molar-refractivity contribution in [3.8, 4) is 0 Å². The summed E-state index contributed by atoms with van der Waals surface area (Å²) in [5.74, 6) is 0.187. The number of hydrogen-bond donors (Lipinski definition) is 3. The van der Waals surface area contributed by atoms with Crippen molar-refractivity contribution < 1.29 is 13.2 Å². The lowest BCUT2D eigenvalue weighted by molar-refractivity contribution is 0.0938. The van der Waals surface area contributed by atoms with Gasteiger partial charge in [-0.1, -0.05) is 0 Å². The summed E-state index contributed by atoms with van der Waals surface area (Å²) in [6, 6.07) is 3.72. The number of nitrogens with two attached hydrogens (primary N) is 1. The quantitative estimate of drug-likeness (QED) is 0.725. The van der Waals surface area contributed by atoms with E-state index < -0.39 is 15.7 Å². The predicted molar refractivity (Wildman–Crippen MR) is 78.4 cm³/mol. The number of sulfone groups is 1. The van der Waals surface area contributed by atoms with Crippen LogP contribution >= 0.6 is 0 Å². The number of rotatable bonds is 4. The van der Waals surface area contributed by atoms with Crippen molar-refractivity contribution >= 4 is 21.4 Å². The first-order chi connectivity index (χ1) is 9.77. The average Bonchev–Trinajstić information content (AvgIpc) is 2.90. The topological polar surface area (TPSA) is 118 Å². The summed E-state index contributed by atoms with van der Waals surface area (Å²) in [7, 11) is -3.43. The Hall–Kier alpha value is -2.35. The van der Waals surface area contributed by atoms with Gasteiger partial charge >= 0.3 is 0 Å². The molecule has 0 fully saturated rings. The molecule has 112 valence electrons. The number of imidazole rings is 1. The minimum atomic E-state index is -3.43. The zero-order chi connectivity index (χ0) is 15.6. The Morgan fingerprint density at radius 1 is 1.38 bits per heavy atom. The van der Waals surface area contributed by atoms with Crippen LogP contribution < -0.4 is 11.1 Å². The molecule has 1 aromatic carbocycles. The van der Waals surface area contributed by atoms with E-state index in [9.17, 15) is 13.2 Å². The molecule has 2 rings (SSSR count). The Kier molecular flexibility index (Phi) is 3.99. The highest BCUT2D eigenvalue weighted by molar-refractivity contribution is 7.90. The van der Waals surface area contributed by atoms with Crippen LogP contribution in [0.2, 0.25) is 0 Å². The molecule has 0 aliphatic carbocycles. The van der Waals surface area contributed by atoms with Crippen molar-refractivity contribution in [2.45, 2.75) is 17.9 Å². The molecule has 0 saturated carbocycles. The molecular weight excluding hydrogens is 292 g/mol. The van der Waals surface area contributed by atoms with Gasteiger partial charge in [0.15, 0.2) is 9.84 Å². The number of H-pyrrole nitrogens is 1. The minimum absolute atomic E-state index is 0.0123.